The number of carboxylic acid groups (broad SMARTS) is 1. The van der Waals surface area contributed by atoms with Gasteiger partial charge in [0.2, 0.25) is 0 Å². The van der Waals surface area contributed by atoms with Crippen molar-refractivity contribution in [2.75, 3.05) is 18.4 Å². The molecule has 2 aromatic rings. The number of benzene rings is 1. The van der Waals surface area contributed by atoms with E-state index in [1.165, 1.54) is 6.07 Å². The molecule has 3 rings (SSSR count). The summed E-state index contributed by atoms with van der Waals surface area (Å²) in [7, 11) is 0. The Labute approximate surface area is 161 Å². The zero-order valence-electron chi connectivity index (χ0n) is 15.4. The van der Waals surface area contributed by atoms with Gasteiger partial charge in [-0.3, -0.25) is 19.2 Å². The molecule has 0 bridgehead atoms. The number of anilines is 1. The van der Waals surface area contributed by atoms with Gasteiger partial charge in [0.1, 0.15) is 5.56 Å². The van der Waals surface area contributed by atoms with Crippen LogP contribution in [0.25, 0.3) is 0 Å². The van der Waals surface area contributed by atoms with Crippen LogP contribution < -0.4 is 10.9 Å². The third-order valence-electron chi connectivity index (χ3n) is 4.82. The van der Waals surface area contributed by atoms with Crippen LogP contribution in [0.2, 0.25) is 0 Å². The van der Waals surface area contributed by atoms with Crippen molar-refractivity contribution in [3.8, 4) is 0 Å². The number of hydrogen-bond donors (Lipinski definition) is 3. The van der Waals surface area contributed by atoms with Crippen LogP contribution in [0.4, 0.5) is 5.69 Å². The zero-order chi connectivity index (χ0) is 20.3. The lowest BCUT2D eigenvalue weighted by molar-refractivity contribution is -0.143. The second-order valence-corrected chi connectivity index (χ2v) is 6.82. The van der Waals surface area contributed by atoms with Gasteiger partial charge in [-0.05, 0) is 56.2 Å². The fourth-order valence-electron chi connectivity index (χ4n) is 3.16. The summed E-state index contributed by atoms with van der Waals surface area (Å²) in [5.74, 6) is -1.92. The van der Waals surface area contributed by atoms with Crippen LogP contribution in [0, 0.1) is 12.8 Å². The monoisotopic (exact) mass is 383 g/mol. The Bertz CT molecular complexity index is 957. The number of aromatic amines is 1. The number of piperidine rings is 1. The molecule has 0 spiro atoms. The standard InChI is InChI=1S/C20H21N3O5/c1-12-2-7-16(17(24)21-12)18(25)22-15-5-3-13(4-6-15)19(26)23-10-8-14(9-11-23)20(27)28/h2-7,14H,8-11H2,1H3,(H,21,24)(H,22,25)(H,27,28). The predicted octanol–water partition coefficient (Wildman–Crippen LogP) is 1.87. The van der Waals surface area contributed by atoms with Gasteiger partial charge >= 0.3 is 5.97 Å². The number of nitrogens with zero attached hydrogens (tertiary/aromatic N) is 1. The maximum Gasteiger partial charge on any atom is 0.306 e. The molecule has 2 heterocycles. The number of aryl methyl sites for hydroxylation is 1. The van der Waals surface area contributed by atoms with Crippen molar-refractivity contribution < 1.29 is 19.5 Å². The molecule has 0 aliphatic carbocycles. The van der Waals surface area contributed by atoms with E-state index in [4.69, 9.17) is 5.11 Å². The molecule has 1 saturated heterocycles. The number of aliphatic carboxylic acids is 1. The SMILES string of the molecule is Cc1ccc(C(=O)Nc2ccc(C(=O)N3CCC(C(=O)O)CC3)cc2)c(=O)[nH]1. The van der Waals surface area contributed by atoms with E-state index in [1.807, 2.05) is 0 Å². The van der Waals surface area contributed by atoms with Crippen molar-refractivity contribution >= 4 is 23.5 Å². The first-order chi connectivity index (χ1) is 13.3. The second kappa shape index (κ2) is 8.08. The first kappa shape index (κ1) is 19.3. The third kappa shape index (κ3) is 4.28. The lowest BCUT2D eigenvalue weighted by atomic mass is 9.96. The summed E-state index contributed by atoms with van der Waals surface area (Å²) in [5.41, 5.74) is 1.13. The molecule has 3 N–H and O–H groups in total. The predicted molar refractivity (Wildman–Crippen MR) is 102 cm³/mol. The number of rotatable bonds is 4. The molecule has 1 aliphatic heterocycles. The molecule has 1 aliphatic rings. The van der Waals surface area contributed by atoms with Crippen LogP contribution in [-0.2, 0) is 4.79 Å². The van der Waals surface area contributed by atoms with Gasteiger partial charge < -0.3 is 20.3 Å². The third-order valence-corrected chi connectivity index (χ3v) is 4.82. The fourth-order valence-corrected chi connectivity index (χ4v) is 3.16. The Balaban J connectivity index is 1.63. The highest BCUT2D eigenvalue weighted by Crippen LogP contribution is 2.20. The molecule has 0 unspecified atom stereocenters. The van der Waals surface area contributed by atoms with E-state index in [-0.39, 0.29) is 11.5 Å². The normalized spacial score (nSPS) is 14.5. The number of amides is 2. The number of aromatic nitrogens is 1. The molecule has 0 atom stereocenters. The highest BCUT2D eigenvalue weighted by molar-refractivity contribution is 6.04. The van der Waals surface area contributed by atoms with Crippen molar-refractivity contribution in [1.82, 2.24) is 9.88 Å². The molecule has 2 amide bonds. The first-order valence-electron chi connectivity index (χ1n) is 8.98. The van der Waals surface area contributed by atoms with Gasteiger partial charge in [0.15, 0.2) is 0 Å². The molecule has 28 heavy (non-hydrogen) atoms. The van der Waals surface area contributed by atoms with Gasteiger partial charge in [-0.1, -0.05) is 0 Å². The molecular formula is C20H21N3O5. The molecule has 146 valence electrons. The quantitative estimate of drug-likeness (QED) is 0.745. The summed E-state index contributed by atoms with van der Waals surface area (Å²) in [6.45, 7) is 2.54. The van der Waals surface area contributed by atoms with Crippen LogP contribution in [-0.4, -0.2) is 45.9 Å². The van der Waals surface area contributed by atoms with E-state index in [0.717, 1.165) is 0 Å². The first-order valence-corrected chi connectivity index (χ1v) is 8.98. The average Bonchev–Trinajstić information content (AvgIpc) is 2.68. The molecular weight excluding hydrogens is 362 g/mol. The Morgan fingerprint density at radius 1 is 1.07 bits per heavy atom. The smallest absolute Gasteiger partial charge is 0.306 e. The van der Waals surface area contributed by atoms with E-state index in [9.17, 15) is 19.2 Å². The summed E-state index contributed by atoms with van der Waals surface area (Å²) in [6, 6.07) is 9.49. The number of carboxylic acids is 1. The maximum absolute atomic E-state index is 12.6. The summed E-state index contributed by atoms with van der Waals surface area (Å²) < 4.78 is 0. The molecule has 1 fully saturated rings. The minimum Gasteiger partial charge on any atom is -0.481 e. The summed E-state index contributed by atoms with van der Waals surface area (Å²) >= 11 is 0. The van der Waals surface area contributed by atoms with Crippen molar-refractivity contribution in [2.45, 2.75) is 19.8 Å². The van der Waals surface area contributed by atoms with Gasteiger partial charge in [-0.2, -0.15) is 0 Å². The van der Waals surface area contributed by atoms with Crippen LogP contribution in [0.3, 0.4) is 0 Å². The van der Waals surface area contributed by atoms with Crippen LogP contribution in [0.1, 0.15) is 39.3 Å². The second-order valence-electron chi connectivity index (χ2n) is 6.82. The highest BCUT2D eigenvalue weighted by atomic mass is 16.4. The summed E-state index contributed by atoms with van der Waals surface area (Å²) in [4.78, 5) is 51.9. The molecule has 0 saturated carbocycles. The van der Waals surface area contributed by atoms with Crippen LogP contribution >= 0.6 is 0 Å². The lowest BCUT2D eigenvalue weighted by Crippen LogP contribution is -2.40. The number of nitrogens with one attached hydrogen (secondary N) is 2. The van der Waals surface area contributed by atoms with Gasteiger partial charge in [-0.25, -0.2) is 0 Å². The fraction of sp³-hybridized carbons (Fsp3) is 0.300. The minimum atomic E-state index is -0.820. The molecule has 8 nitrogen and oxygen atoms in total. The van der Waals surface area contributed by atoms with E-state index in [0.29, 0.717) is 42.9 Å². The van der Waals surface area contributed by atoms with Crippen molar-refractivity contribution in [3.63, 3.8) is 0 Å². The lowest BCUT2D eigenvalue weighted by Gasteiger charge is -2.30. The van der Waals surface area contributed by atoms with Crippen LogP contribution in [0.15, 0.2) is 41.2 Å². The number of carbonyl (C=O) groups is 3. The Hall–Kier alpha value is -3.42. The van der Waals surface area contributed by atoms with Crippen molar-refractivity contribution in [3.05, 3.63) is 63.6 Å². The zero-order valence-corrected chi connectivity index (χ0v) is 15.4. The molecule has 1 aromatic carbocycles. The Morgan fingerprint density at radius 3 is 2.29 bits per heavy atom. The molecule has 1 aromatic heterocycles. The minimum absolute atomic E-state index is 0.00653. The van der Waals surface area contributed by atoms with Gasteiger partial charge in [0, 0.05) is 30.0 Å². The largest absolute Gasteiger partial charge is 0.481 e. The van der Waals surface area contributed by atoms with E-state index >= 15 is 0 Å². The van der Waals surface area contributed by atoms with Crippen molar-refractivity contribution in [1.29, 1.82) is 0 Å². The van der Waals surface area contributed by atoms with Gasteiger partial charge in [0.25, 0.3) is 17.4 Å². The van der Waals surface area contributed by atoms with Gasteiger partial charge in [-0.15, -0.1) is 0 Å². The topological polar surface area (TPSA) is 120 Å². The average molecular weight is 383 g/mol. The van der Waals surface area contributed by atoms with E-state index in [1.54, 1.807) is 42.2 Å². The summed E-state index contributed by atoms with van der Waals surface area (Å²) in [5, 5.41) is 11.7. The van der Waals surface area contributed by atoms with E-state index in [2.05, 4.69) is 10.3 Å². The Kier molecular flexibility index (Phi) is 5.58. The Morgan fingerprint density at radius 2 is 1.71 bits per heavy atom. The summed E-state index contributed by atoms with van der Waals surface area (Å²) in [6.07, 6.45) is 0.890. The number of pyridine rings is 1. The number of hydrogen-bond acceptors (Lipinski definition) is 4. The molecule has 8 heteroatoms. The van der Waals surface area contributed by atoms with Crippen LogP contribution in [0.5, 0.6) is 0 Å². The van der Waals surface area contributed by atoms with E-state index < -0.39 is 23.4 Å². The number of carbonyl (C=O) groups excluding carboxylic acids is 2. The molecule has 0 radical (unpaired) electrons. The maximum atomic E-state index is 12.6. The number of likely N-dealkylation sites (tertiary alicyclic amines) is 1. The highest BCUT2D eigenvalue weighted by Gasteiger charge is 2.27. The van der Waals surface area contributed by atoms with Gasteiger partial charge in [0.05, 0.1) is 5.92 Å². The van der Waals surface area contributed by atoms with Crippen molar-refractivity contribution in [2.24, 2.45) is 5.92 Å². The number of H-pyrrole nitrogens is 1.